The van der Waals surface area contributed by atoms with Crippen molar-refractivity contribution in [2.24, 2.45) is 17.8 Å². The van der Waals surface area contributed by atoms with E-state index in [2.05, 4.69) is 0 Å². The molecule has 0 aliphatic heterocycles. The Kier molecular flexibility index (Phi) is 8.66. The predicted octanol–water partition coefficient (Wildman–Crippen LogP) is -7.45. The van der Waals surface area contributed by atoms with Crippen LogP contribution >= 0.6 is 0 Å². The van der Waals surface area contributed by atoms with Gasteiger partial charge in [0.15, 0.2) is 0 Å². The van der Waals surface area contributed by atoms with Gasteiger partial charge in [-0.15, -0.1) is 0 Å². The molecule has 1 saturated carbocycles. The van der Waals surface area contributed by atoms with Crippen molar-refractivity contribution in [3.8, 4) is 0 Å². The first kappa shape index (κ1) is 17.5. The Bertz CT molecular complexity index is 232. The van der Waals surface area contributed by atoms with Gasteiger partial charge < -0.3 is 19.8 Å². The molecule has 0 spiro atoms. The number of rotatable bonds is 2. The first-order valence-corrected chi connectivity index (χ1v) is 4.44. The summed E-state index contributed by atoms with van der Waals surface area (Å²) in [4.78, 5) is 21.2. The largest absolute Gasteiger partial charge is 1.00 e. The third-order valence-electron chi connectivity index (χ3n) is 2.72. The quantitative estimate of drug-likeness (QED) is 0.413. The molecule has 0 radical (unpaired) electrons. The van der Waals surface area contributed by atoms with Gasteiger partial charge in [0.2, 0.25) is 0 Å². The van der Waals surface area contributed by atoms with Crippen LogP contribution in [0.3, 0.4) is 0 Å². The second kappa shape index (κ2) is 7.42. The third kappa shape index (κ3) is 4.66. The molecule has 1 rings (SSSR count). The van der Waals surface area contributed by atoms with E-state index in [0.717, 1.165) is 6.42 Å². The van der Waals surface area contributed by atoms with Gasteiger partial charge in [0, 0.05) is 23.8 Å². The minimum Gasteiger partial charge on any atom is -0.550 e. The Morgan fingerprint density at radius 1 is 1.00 bits per heavy atom. The summed E-state index contributed by atoms with van der Waals surface area (Å²) in [5.41, 5.74) is 0. The minimum atomic E-state index is -1.26. The smallest absolute Gasteiger partial charge is 0.550 e. The molecule has 0 amide bonds. The average Bonchev–Trinajstić information content (AvgIpc) is 2.03. The SMILES string of the molecule is CC1CCC(C(=O)[O-])C(C(=O)[O-])C1.[Li+].[Li+]. The van der Waals surface area contributed by atoms with Crippen LogP contribution in [0.4, 0.5) is 0 Å². The van der Waals surface area contributed by atoms with Crippen molar-refractivity contribution in [1.29, 1.82) is 0 Å². The Morgan fingerprint density at radius 3 is 1.87 bits per heavy atom. The number of hydrogen-bond acceptors (Lipinski definition) is 4. The van der Waals surface area contributed by atoms with Crippen LogP contribution in [-0.4, -0.2) is 11.9 Å². The van der Waals surface area contributed by atoms with Crippen LogP contribution < -0.4 is 47.9 Å². The molecule has 0 N–H and O–H groups in total. The minimum absolute atomic E-state index is 0. The van der Waals surface area contributed by atoms with E-state index in [1.54, 1.807) is 0 Å². The fourth-order valence-corrected chi connectivity index (χ4v) is 1.92. The summed E-state index contributed by atoms with van der Waals surface area (Å²) in [6.45, 7) is 1.92. The summed E-state index contributed by atoms with van der Waals surface area (Å²) in [5.74, 6) is -3.99. The molecular formula is C9H12Li2O4. The maximum atomic E-state index is 10.6. The second-order valence-electron chi connectivity index (χ2n) is 3.77. The van der Waals surface area contributed by atoms with Crippen LogP contribution in [0.1, 0.15) is 26.2 Å². The molecule has 6 heteroatoms. The Labute approximate surface area is 113 Å². The number of hydrogen-bond donors (Lipinski definition) is 0. The molecule has 0 aromatic rings. The first-order valence-electron chi connectivity index (χ1n) is 4.44. The molecule has 4 nitrogen and oxygen atoms in total. The van der Waals surface area contributed by atoms with Crippen LogP contribution in [0.2, 0.25) is 0 Å². The average molecular weight is 198 g/mol. The van der Waals surface area contributed by atoms with E-state index in [9.17, 15) is 19.8 Å². The zero-order chi connectivity index (χ0) is 10.0. The Hall–Kier alpha value is 0.135. The van der Waals surface area contributed by atoms with Gasteiger partial charge in [0.25, 0.3) is 0 Å². The van der Waals surface area contributed by atoms with Crippen molar-refractivity contribution < 1.29 is 57.5 Å². The number of carbonyl (C=O) groups is 2. The predicted molar refractivity (Wildman–Crippen MR) is 40.0 cm³/mol. The fourth-order valence-electron chi connectivity index (χ4n) is 1.92. The fraction of sp³-hybridized carbons (Fsp3) is 0.778. The molecule has 0 heterocycles. The molecular weight excluding hydrogens is 186 g/mol. The standard InChI is InChI=1S/C9H14O4.2Li/c1-5-2-3-6(8(10)11)7(4-5)9(12)13;;/h5-7H,2-4H2,1H3,(H,10,11)(H,12,13);;/q;2*+1/p-2. The van der Waals surface area contributed by atoms with E-state index in [-0.39, 0.29) is 43.6 Å². The van der Waals surface area contributed by atoms with Gasteiger partial charge in [-0.1, -0.05) is 13.3 Å². The molecule has 3 atom stereocenters. The summed E-state index contributed by atoms with van der Waals surface area (Å²) in [6.07, 6.45) is 1.53. The topological polar surface area (TPSA) is 80.3 Å². The van der Waals surface area contributed by atoms with Gasteiger partial charge in [-0.3, -0.25) is 0 Å². The van der Waals surface area contributed by atoms with Crippen LogP contribution in [0.5, 0.6) is 0 Å². The van der Waals surface area contributed by atoms with Crippen molar-refractivity contribution in [2.45, 2.75) is 26.2 Å². The van der Waals surface area contributed by atoms with Crippen LogP contribution in [0.25, 0.3) is 0 Å². The van der Waals surface area contributed by atoms with E-state index in [0.29, 0.717) is 12.8 Å². The molecule has 0 aromatic heterocycles. The summed E-state index contributed by atoms with van der Waals surface area (Å²) in [5, 5.41) is 21.2. The van der Waals surface area contributed by atoms with Crippen molar-refractivity contribution >= 4 is 11.9 Å². The Morgan fingerprint density at radius 2 is 1.47 bits per heavy atom. The van der Waals surface area contributed by atoms with E-state index in [1.165, 1.54) is 0 Å². The molecule has 0 bridgehead atoms. The van der Waals surface area contributed by atoms with Crippen molar-refractivity contribution in [3.63, 3.8) is 0 Å². The molecule has 15 heavy (non-hydrogen) atoms. The van der Waals surface area contributed by atoms with Crippen molar-refractivity contribution in [2.75, 3.05) is 0 Å². The van der Waals surface area contributed by atoms with Gasteiger partial charge >= 0.3 is 37.7 Å². The van der Waals surface area contributed by atoms with Gasteiger partial charge in [0.1, 0.15) is 0 Å². The summed E-state index contributed by atoms with van der Waals surface area (Å²) in [6, 6.07) is 0. The van der Waals surface area contributed by atoms with Crippen molar-refractivity contribution in [3.05, 3.63) is 0 Å². The maximum absolute atomic E-state index is 10.6. The van der Waals surface area contributed by atoms with E-state index < -0.39 is 23.8 Å². The zero-order valence-corrected chi connectivity index (χ0v) is 9.49. The molecule has 0 saturated heterocycles. The molecule has 74 valence electrons. The maximum Gasteiger partial charge on any atom is 1.00 e. The monoisotopic (exact) mass is 198 g/mol. The van der Waals surface area contributed by atoms with E-state index in [1.807, 2.05) is 6.92 Å². The number of carbonyl (C=O) groups excluding carboxylic acids is 2. The molecule has 1 aliphatic rings. The summed E-state index contributed by atoms with van der Waals surface area (Å²) in [7, 11) is 0. The van der Waals surface area contributed by atoms with Gasteiger partial charge in [-0.2, -0.15) is 0 Å². The molecule has 1 fully saturated rings. The Balaban J connectivity index is 0. The van der Waals surface area contributed by atoms with E-state index in [4.69, 9.17) is 0 Å². The van der Waals surface area contributed by atoms with Crippen LogP contribution in [0, 0.1) is 17.8 Å². The number of carboxylic acids is 2. The third-order valence-corrected chi connectivity index (χ3v) is 2.72. The first-order chi connectivity index (χ1) is 6.02. The molecule has 1 aliphatic carbocycles. The van der Waals surface area contributed by atoms with Crippen molar-refractivity contribution in [1.82, 2.24) is 0 Å². The second-order valence-corrected chi connectivity index (χ2v) is 3.77. The van der Waals surface area contributed by atoms with Gasteiger partial charge in [-0.05, 0) is 18.8 Å². The molecule has 0 aromatic carbocycles. The zero-order valence-electron chi connectivity index (χ0n) is 9.49. The van der Waals surface area contributed by atoms with Gasteiger partial charge in [0.05, 0.1) is 0 Å². The van der Waals surface area contributed by atoms with Gasteiger partial charge in [-0.25, -0.2) is 0 Å². The summed E-state index contributed by atoms with van der Waals surface area (Å²) < 4.78 is 0. The number of carboxylic acid groups (broad SMARTS) is 2. The summed E-state index contributed by atoms with van der Waals surface area (Å²) >= 11 is 0. The van der Waals surface area contributed by atoms with E-state index >= 15 is 0 Å². The number of aliphatic carboxylic acids is 2. The normalized spacial score (nSPS) is 29.5. The molecule has 3 unspecified atom stereocenters. The van der Waals surface area contributed by atoms with Crippen LogP contribution in [-0.2, 0) is 9.59 Å². The van der Waals surface area contributed by atoms with Crippen LogP contribution in [0.15, 0.2) is 0 Å².